The quantitative estimate of drug-likeness (QED) is 0.860. The Morgan fingerprint density at radius 3 is 3.06 bits per heavy atom. The van der Waals surface area contributed by atoms with Crippen LogP contribution in [-0.4, -0.2) is 28.6 Å². The Hall–Kier alpha value is -0.910. The fourth-order valence-corrected chi connectivity index (χ4v) is 1.91. The second-order valence-electron chi connectivity index (χ2n) is 3.71. The topological polar surface area (TPSA) is 64.1 Å². The predicted molar refractivity (Wildman–Crippen MR) is 64.3 cm³/mol. The minimum atomic E-state index is -0.187. The molecule has 7 heteroatoms. The molecule has 1 N–H and O–H groups in total. The van der Waals surface area contributed by atoms with Crippen molar-refractivity contribution < 1.29 is 9.53 Å². The Labute approximate surface area is 108 Å². The molecule has 0 spiro atoms. The molecule has 1 aliphatic heterocycles. The lowest BCUT2D eigenvalue weighted by Crippen LogP contribution is -2.20. The number of nitrogens with one attached hydrogen (secondary N) is 1. The van der Waals surface area contributed by atoms with Gasteiger partial charge in [-0.1, -0.05) is 23.2 Å². The van der Waals surface area contributed by atoms with Crippen molar-refractivity contribution in [1.29, 1.82) is 0 Å². The first-order chi connectivity index (χ1) is 8.16. The number of ether oxygens (including phenoxy) is 1. The number of carbonyl (C=O) groups excluding carboxylic acids is 1. The molecule has 0 bridgehead atoms. The summed E-state index contributed by atoms with van der Waals surface area (Å²) in [6, 6.07) is 0. The lowest BCUT2D eigenvalue weighted by atomic mass is 10.2. The monoisotopic (exact) mass is 275 g/mol. The van der Waals surface area contributed by atoms with Gasteiger partial charge in [-0.25, -0.2) is 9.97 Å². The van der Waals surface area contributed by atoms with Crippen LogP contribution in [0.4, 0.5) is 5.82 Å². The van der Waals surface area contributed by atoms with E-state index in [1.165, 1.54) is 6.33 Å². The number of nitrogens with zero attached hydrogens (tertiary/aromatic N) is 2. The molecule has 92 valence electrons. The van der Waals surface area contributed by atoms with Crippen LogP contribution in [0.2, 0.25) is 10.2 Å². The lowest BCUT2D eigenvalue weighted by Gasteiger charge is -2.10. The molecular formula is C10H11Cl2N3O2. The molecule has 1 aromatic heterocycles. The van der Waals surface area contributed by atoms with Crippen molar-refractivity contribution in [3.05, 3.63) is 16.5 Å². The SMILES string of the molecule is O=C(CC1CCCO1)Nc1ncnc(Cl)c1Cl. The molecular weight excluding hydrogens is 265 g/mol. The molecule has 1 aliphatic rings. The number of rotatable bonds is 3. The highest BCUT2D eigenvalue weighted by molar-refractivity contribution is 6.42. The fraction of sp³-hybridized carbons (Fsp3) is 0.500. The van der Waals surface area contributed by atoms with Gasteiger partial charge in [-0.15, -0.1) is 0 Å². The average molecular weight is 276 g/mol. The van der Waals surface area contributed by atoms with Gasteiger partial charge in [0.1, 0.15) is 11.3 Å². The highest BCUT2D eigenvalue weighted by Gasteiger charge is 2.20. The molecule has 1 saturated heterocycles. The third kappa shape index (κ3) is 3.28. The second kappa shape index (κ2) is 5.62. The van der Waals surface area contributed by atoms with Crippen LogP contribution in [0.25, 0.3) is 0 Å². The molecule has 1 fully saturated rings. The predicted octanol–water partition coefficient (Wildman–Crippen LogP) is 2.29. The van der Waals surface area contributed by atoms with Crippen LogP contribution in [0.3, 0.4) is 0 Å². The molecule has 5 nitrogen and oxygen atoms in total. The van der Waals surface area contributed by atoms with Crippen molar-refractivity contribution in [1.82, 2.24) is 9.97 Å². The molecule has 0 radical (unpaired) electrons. The molecule has 2 rings (SSSR count). The Morgan fingerprint density at radius 2 is 2.35 bits per heavy atom. The van der Waals surface area contributed by atoms with Crippen LogP contribution < -0.4 is 5.32 Å². The first-order valence-electron chi connectivity index (χ1n) is 5.24. The van der Waals surface area contributed by atoms with E-state index in [0.29, 0.717) is 6.42 Å². The van der Waals surface area contributed by atoms with E-state index >= 15 is 0 Å². The first kappa shape index (κ1) is 12.5. The number of carbonyl (C=O) groups is 1. The van der Waals surface area contributed by atoms with E-state index in [0.717, 1.165) is 19.4 Å². The van der Waals surface area contributed by atoms with Gasteiger partial charge < -0.3 is 10.1 Å². The summed E-state index contributed by atoms with van der Waals surface area (Å²) in [4.78, 5) is 19.2. The summed E-state index contributed by atoms with van der Waals surface area (Å²) in [6.07, 6.45) is 3.45. The lowest BCUT2D eigenvalue weighted by molar-refractivity contribution is -0.118. The summed E-state index contributed by atoms with van der Waals surface area (Å²) in [6.45, 7) is 0.720. The van der Waals surface area contributed by atoms with Crippen LogP contribution >= 0.6 is 23.2 Å². The van der Waals surface area contributed by atoms with Crippen molar-refractivity contribution in [2.24, 2.45) is 0 Å². The van der Waals surface area contributed by atoms with Gasteiger partial charge in [-0.05, 0) is 12.8 Å². The van der Waals surface area contributed by atoms with Gasteiger partial charge in [0.15, 0.2) is 11.0 Å². The highest BCUT2D eigenvalue weighted by atomic mass is 35.5. The molecule has 0 saturated carbocycles. The van der Waals surface area contributed by atoms with Crippen LogP contribution in [-0.2, 0) is 9.53 Å². The maximum atomic E-state index is 11.7. The third-order valence-electron chi connectivity index (χ3n) is 2.44. The second-order valence-corrected chi connectivity index (χ2v) is 4.45. The van der Waals surface area contributed by atoms with E-state index in [2.05, 4.69) is 15.3 Å². The fourth-order valence-electron chi connectivity index (χ4n) is 1.63. The molecule has 0 aliphatic carbocycles. The maximum Gasteiger partial charge on any atom is 0.228 e. The van der Waals surface area contributed by atoms with Gasteiger partial charge >= 0.3 is 0 Å². The van der Waals surface area contributed by atoms with Crippen molar-refractivity contribution in [3.8, 4) is 0 Å². The van der Waals surface area contributed by atoms with Gasteiger partial charge in [0.2, 0.25) is 5.91 Å². The van der Waals surface area contributed by atoms with E-state index in [1.807, 2.05) is 0 Å². The zero-order valence-corrected chi connectivity index (χ0v) is 10.5. The third-order valence-corrected chi connectivity index (χ3v) is 3.18. The van der Waals surface area contributed by atoms with E-state index in [-0.39, 0.29) is 28.0 Å². The smallest absolute Gasteiger partial charge is 0.228 e. The molecule has 1 atom stereocenters. The van der Waals surface area contributed by atoms with E-state index in [9.17, 15) is 4.79 Å². The summed E-state index contributed by atoms with van der Waals surface area (Å²) in [5.41, 5.74) is 0. The Bertz CT molecular complexity index is 422. The highest BCUT2D eigenvalue weighted by Crippen LogP contribution is 2.25. The number of hydrogen-bond acceptors (Lipinski definition) is 4. The minimum Gasteiger partial charge on any atom is -0.378 e. The number of amides is 1. The average Bonchev–Trinajstić information content (AvgIpc) is 2.77. The van der Waals surface area contributed by atoms with Crippen molar-refractivity contribution in [2.75, 3.05) is 11.9 Å². The summed E-state index contributed by atoms with van der Waals surface area (Å²) in [7, 11) is 0. The van der Waals surface area contributed by atoms with E-state index < -0.39 is 0 Å². The van der Waals surface area contributed by atoms with E-state index in [1.54, 1.807) is 0 Å². The minimum absolute atomic E-state index is 0.00825. The van der Waals surface area contributed by atoms with Crippen molar-refractivity contribution in [2.45, 2.75) is 25.4 Å². The standard InChI is InChI=1S/C10H11Cl2N3O2/c11-8-9(12)13-5-14-10(8)15-7(16)4-6-2-1-3-17-6/h5-6H,1-4H2,(H,13,14,15,16). The molecule has 1 amide bonds. The van der Waals surface area contributed by atoms with Gasteiger partial charge in [-0.3, -0.25) is 4.79 Å². The summed E-state index contributed by atoms with van der Waals surface area (Å²) in [5.74, 6) is 0.0447. The zero-order chi connectivity index (χ0) is 12.3. The van der Waals surface area contributed by atoms with E-state index in [4.69, 9.17) is 27.9 Å². The summed E-state index contributed by atoms with van der Waals surface area (Å²) in [5, 5.41) is 2.86. The molecule has 1 unspecified atom stereocenters. The van der Waals surface area contributed by atoms with Gasteiger partial charge in [-0.2, -0.15) is 0 Å². The van der Waals surface area contributed by atoms with Gasteiger partial charge in [0, 0.05) is 6.61 Å². The number of aromatic nitrogens is 2. The number of hydrogen-bond donors (Lipinski definition) is 1. The first-order valence-corrected chi connectivity index (χ1v) is 6.00. The van der Waals surface area contributed by atoms with Crippen molar-refractivity contribution >= 4 is 34.9 Å². The largest absolute Gasteiger partial charge is 0.378 e. The molecule has 0 aromatic carbocycles. The molecule has 17 heavy (non-hydrogen) atoms. The Morgan fingerprint density at radius 1 is 1.53 bits per heavy atom. The maximum absolute atomic E-state index is 11.7. The number of halogens is 2. The Kier molecular flexibility index (Phi) is 4.15. The summed E-state index contributed by atoms with van der Waals surface area (Å²) >= 11 is 11.6. The van der Waals surface area contributed by atoms with Crippen LogP contribution in [0.15, 0.2) is 6.33 Å². The molecule has 2 heterocycles. The van der Waals surface area contributed by atoms with Crippen LogP contribution in [0.1, 0.15) is 19.3 Å². The van der Waals surface area contributed by atoms with Gasteiger partial charge in [0.05, 0.1) is 12.5 Å². The van der Waals surface area contributed by atoms with Crippen molar-refractivity contribution in [3.63, 3.8) is 0 Å². The van der Waals surface area contributed by atoms with Crippen LogP contribution in [0.5, 0.6) is 0 Å². The Balaban J connectivity index is 1.95. The zero-order valence-electron chi connectivity index (χ0n) is 8.95. The number of anilines is 1. The van der Waals surface area contributed by atoms with Crippen LogP contribution in [0, 0.1) is 0 Å². The van der Waals surface area contributed by atoms with Gasteiger partial charge in [0.25, 0.3) is 0 Å². The molecule has 1 aromatic rings. The summed E-state index contributed by atoms with van der Waals surface area (Å²) < 4.78 is 5.36. The normalized spacial score (nSPS) is 19.3.